The Morgan fingerprint density at radius 3 is 2.79 bits per heavy atom. The Hall–Kier alpha value is -1.35. The van der Waals surface area contributed by atoms with Crippen molar-refractivity contribution in [2.24, 2.45) is 5.73 Å². The van der Waals surface area contributed by atoms with Crippen LogP contribution in [-0.4, -0.2) is 0 Å². The van der Waals surface area contributed by atoms with Crippen LogP contribution < -0.4 is 5.73 Å². The van der Waals surface area contributed by atoms with Gasteiger partial charge in [-0.05, 0) is 32.0 Å². The molecule has 2 aromatic rings. The summed E-state index contributed by atoms with van der Waals surface area (Å²) in [6, 6.07) is 4.32. The van der Waals surface area contributed by atoms with E-state index in [9.17, 15) is 4.39 Å². The van der Waals surface area contributed by atoms with Crippen molar-refractivity contribution in [1.29, 1.82) is 0 Å². The van der Waals surface area contributed by atoms with Crippen molar-refractivity contribution in [2.45, 2.75) is 19.9 Å². The second kappa shape index (κ2) is 3.10. The third-order valence-corrected chi connectivity index (χ3v) is 2.35. The molecule has 2 N–H and O–H groups in total. The summed E-state index contributed by atoms with van der Waals surface area (Å²) in [5.41, 5.74) is 7.35. The van der Waals surface area contributed by atoms with Gasteiger partial charge in [0.25, 0.3) is 0 Å². The zero-order chi connectivity index (χ0) is 10.3. The summed E-state index contributed by atoms with van der Waals surface area (Å²) in [7, 11) is 0. The van der Waals surface area contributed by atoms with Crippen molar-refractivity contribution < 1.29 is 8.81 Å². The highest BCUT2D eigenvalue weighted by Crippen LogP contribution is 2.28. The summed E-state index contributed by atoms with van der Waals surface area (Å²) >= 11 is 0. The van der Waals surface area contributed by atoms with Crippen molar-refractivity contribution in [1.82, 2.24) is 0 Å². The van der Waals surface area contributed by atoms with Gasteiger partial charge in [-0.25, -0.2) is 4.39 Å². The van der Waals surface area contributed by atoms with Gasteiger partial charge in [-0.1, -0.05) is 0 Å². The van der Waals surface area contributed by atoms with Crippen LogP contribution in [-0.2, 0) is 0 Å². The fourth-order valence-electron chi connectivity index (χ4n) is 1.65. The van der Waals surface area contributed by atoms with E-state index in [1.54, 1.807) is 6.07 Å². The molecule has 1 aromatic carbocycles. The van der Waals surface area contributed by atoms with E-state index >= 15 is 0 Å². The van der Waals surface area contributed by atoms with E-state index in [1.807, 2.05) is 13.8 Å². The third-order valence-electron chi connectivity index (χ3n) is 2.35. The first-order valence-corrected chi connectivity index (χ1v) is 4.53. The molecule has 3 heteroatoms. The van der Waals surface area contributed by atoms with Gasteiger partial charge in [0.2, 0.25) is 0 Å². The number of nitrogens with two attached hydrogens (primary N) is 1. The van der Waals surface area contributed by atoms with Gasteiger partial charge in [0.15, 0.2) is 0 Å². The Balaban J connectivity index is 2.74. The lowest BCUT2D eigenvalue weighted by molar-refractivity contribution is 0.509. The molecule has 0 saturated carbocycles. The first-order valence-electron chi connectivity index (χ1n) is 4.53. The molecule has 0 saturated heterocycles. The molecule has 0 bridgehead atoms. The lowest BCUT2D eigenvalue weighted by atomic mass is 10.1. The van der Waals surface area contributed by atoms with Crippen LogP contribution in [0.25, 0.3) is 11.0 Å². The Bertz CT molecular complexity index is 473. The molecule has 1 heterocycles. The molecule has 14 heavy (non-hydrogen) atoms. The van der Waals surface area contributed by atoms with Crippen molar-refractivity contribution in [2.75, 3.05) is 0 Å². The summed E-state index contributed by atoms with van der Waals surface area (Å²) in [6.45, 7) is 3.74. The number of aryl methyl sites for hydroxylation is 1. The number of halogens is 1. The molecule has 0 aliphatic heterocycles. The molecule has 0 unspecified atom stereocenters. The smallest absolute Gasteiger partial charge is 0.134 e. The summed E-state index contributed by atoms with van der Waals surface area (Å²) < 4.78 is 18.5. The number of benzene rings is 1. The standard InChI is InChI=1S/C11H12FNO/c1-6-9-5-8(12)3-4-10(9)14-11(6)7(2)13/h3-5,7H,13H2,1-2H3/t7-/m0/s1. The fourth-order valence-corrected chi connectivity index (χ4v) is 1.65. The molecular weight excluding hydrogens is 181 g/mol. The van der Waals surface area contributed by atoms with E-state index in [-0.39, 0.29) is 11.9 Å². The van der Waals surface area contributed by atoms with Crippen molar-refractivity contribution >= 4 is 11.0 Å². The van der Waals surface area contributed by atoms with E-state index in [1.165, 1.54) is 12.1 Å². The number of rotatable bonds is 1. The highest BCUT2D eigenvalue weighted by molar-refractivity contribution is 5.82. The Labute approximate surface area is 81.5 Å². The second-order valence-electron chi connectivity index (χ2n) is 3.52. The first kappa shape index (κ1) is 9.21. The molecule has 0 aliphatic carbocycles. The summed E-state index contributed by atoms with van der Waals surface area (Å²) in [4.78, 5) is 0. The van der Waals surface area contributed by atoms with E-state index in [2.05, 4.69) is 0 Å². The average molecular weight is 193 g/mol. The highest BCUT2D eigenvalue weighted by atomic mass is 19.1. The van der Waals surface area contributed by atoms with Gasteiger partial charge >= 0.3 is 0 Å². The van der Waals surface area contributed by atoms with Gasteiger partial charge in [-0.2, -0.15) is 0 Å². The number of furan rings is 1. The maximum Gasteiger partial charge on any atom is 0.134 e. The van der Waals surface area contributed by atoms with Crippen molar-refractivity contribution in [3.63, 3.8) is 0 Å². The monoisotopic (exact) mass is 193 g/mol. The number of hydrogen-bond donors (Lipinski definition) is 1. The van der Waals surface area contributed by atoms with Gasteiger partial charge < -0.3 is 10.2 Å². The van der Waals surface area contributed by atoms with Crippen LogP contribution in [0.4, 0.5) is 4.39 Å². The molecule has 0 fully saturated rings. The predicted molar refractivity (Wildman–Crippen MR) is 53.5 cm³/mol. The minimum Gasteiger partial charge on any atom is -0.459 e. The highest BCUT2D eigenvalue weighted by Gasteiger charge is 2.13. The molecular formula is C11H12FNO. The normalized spacial score (nSPS) is 13.4. The van der Waals surface area contributed by atoms with Gasteiger partial charge in [0, 0.05) is 10.9 Å². The average Bonchev–Trinajstić information content (AvgIpc) is 2.44. The topological polar surface area (TPSA) is 39.2 Å². The van der Waals surface area contributed by atoms with Crippen molar-refractivity contribution in [3.8, 4) is 0 Å². The van der Waals surface area contributed by atoms with Gasteiger partial charge in [0.05, 0.1) is 6.04 Å². The van der Waals surface area contributed by atoms with E-state index in [4.69, 9.17) is 10.2 Å². The van der Waals surface area contributed by atoms with Crippen LogP contribution in [0.3, 0.4) is 0 Å². The molecule has 0 spiro atoms. The lowest BCUT2D eigenvalue weighted by Gasteiger charge is -2.00. The summed E-state index contributed by atoms with van der Waals surface area (Å²) in [5.74, 6) is 0.475. The maximum atomic E-state index is 13.0. The van der Waals surface area contributed by atoms with Crippen LogP contribution in [0.2, 0.25) is 0 Å². The minimum absolute atomic E-state index is 0.162. The molecule has 2 nitrogen and oxygen atoms in total. The lowest BCUT2D eigenvalue weighted by Crippen LogP contribution is -2.04. The quantitative estimate of drug-likeness (QED) is 0.756. The Morgan fingerprint density at radius 2 is 2.14 bits per heavy atom. The Morgan fingerprint density at radius 1 is 1.43 bits per heavy atom. The molecule has 1 aromatic heterocycles. The van der Waals surface area contributed by atoms with Gasteiger partial charge in [-0.3, -0.25) is 0 Å². The predicted octanol–water partition coefficient (Wildman–Crippen LogP) is 2.90. The molecule has 0 radical (unpaired) electrons. The van der Waals surface area contributed by atoms with Crippen LogP contribution in [0, 0.1) is 12.7 Å². The number of fused-ring (bicyclic) bond motifs is 1. The maximum absolute atomic E-state index is 13.0. The largest absolute Gasteiger partial charge is 0.459 e. The molecule has 74 valence electrons. The zero-order valence-corrected chi connectivity index (χ0v) is 8.17. The molecule has 0 aliphatic rings. The van der Waals surface area contributed by atoms with Crippen molar-refractivity contribution in [3.05, 3.63) is 35.3 Å². The zero-order valence-electron chi connectivity index (χ0n) is 8.17. The van der Waals surface area contributed by atoms with Gasteiger partial charge in [-0.15, -0.1) is 0 Å². The van der Waals surface area contributed by atoms with E-state index in [0.29, 0.717) is 5.58 Å². The van der Waals surface area contributed by atoms with E-state index in [0.717, 1.165) is 16.7 Å². The first-order chi connectivity index (χ1) is 6.59. The van der Waals surface area contributed by atoms with E-state index < -0.39 is 0 Å². The van der Waals surface area contributed by atoms with Crippen LogP contribution in [0.15, 0.2) is 22.6 Å². The molecule has 2 rings (SSSR count). The van der Waals surface area contributed by atoms with Crippen LogP contribution in [0.1, 0.15) is 24.3 Å². The number of hydrogen-bond acceptors (Lipinski definition) is 2. The fraction of sp³-hybridized carbons (Fsp3) is 0.273. The molecule has 0 amide bonds. The Kier molecular flexibility index (Phi) is 2.04. The summed E-state index contributed by atoms with van der Waals surface area (Å²) in [6.07, 6.45) is 0. The SMILES string of the molecule is Cc1c([C@H](C)N)oc2ccc(F)cc12. The summed E-state index contributed by atoms with van der Waals surface area (Å²) in [5, 5.41) is 0.803. The third kappa shape index (κ3) is 1.30. The minimum atomic E-state index is -0.252. The molecule has 1 atom stereocenters. The van der Waals surface area contributed by atoms with Crippen LogP contribution >= 0.6 is 0 Å². The van der Waals surface area contributed by atoms with Gasteiger partial charge in [0.1, 0.15) is 17.2 Å². The van der Waals surface area contributed by atoms with Crippen LogP contribution in [0.5, 0.6) is 0 Å². The second-order valence-corrected chi connectivity index (χ2v) is 3.52.